The minimum Gasteiger partial charge on any atom is -0.481 e. The van der Waals surface area contributed by atoms with Gasteiger partial charge in [-0.2, -0.15) is 0 Å². The van der Waals surface area contributed by atoms with Crippen LogP contribution in [0.4, 0.5) is 0 Å². The first-order valence-electron chi connectivity index (χ1n) is 10.7. The zero-order chi connectivity index (χ0) is 24.8. The molecule has 178 valence electrons. The number of ketones is 1. The summed E-state index contributed by atoms with van der Waals surface area (Å²) >= 11 is 0. The third-order valence-electron chi connectivity index (χ3n) is 5.28. The maximum Gasteiger partial charge on any atom is 0.343 e. The number of hydrogen-bond acceptors (Lipinski definition) is 7. The van der Waals surface area contributed by atoms with E-state index < -0.39 is 30.2 Å². The molecule has 9 heteroatoms. The Morgan fingerprint density at radius 1 is 1.03 bits per heavy atom. The number of carbonyl (C=O) groups excluding carboxylic acids is 4. The van der Waals surface area contributed by atoms with Crippen LogP contribution in [0.5, 0.6) is 5.75 Å². The number of rotatable bonds is 10. The Kier molecular flexibility index (Phi) is 7.68. The molecule has 0 atom stereocenters. The second-order valence-electron chi connectivity index (χ2n) is 7.57. The summed E-state index contributed by atoms with van der Waals surface area (Å²) < 4.78 is 17.4. The molecule has 0 saturated carbocycles. The molecule has 0 aliphatic heterocycles. The molecule has 1 heterocycles. The number of aromatic nitrogens is 1. The Hall–Kier alpha value is -4.14. The second-order valence-corrected chi connectivity index (χ2v) is 7.57. The summed E-state index contributed by atoms with van der Waals surface area (Å²) in [6.07, 6.45) is 0.422. The highest BCUT2D eigenvalue weighted by molar-refractivity contribution is 6.45. The van der Waals surface area contributed by atoms with Gasteiger partial charge in [-0.25, -0.2) is 4.79 Å². The first-order valence-corrected chi connectivity index (χ1v) is 10.7. The lowest BCUT2D eigenvalue weighted by Gasteiger charge is -2.13. The van der Waals surface area contributed by atoms with Gasteiger partial charge in [-0.1, -0.05) is 37.3 Å². The van der Waals surface area contributed by atoms with Crippen LogP contribution in [0.15, 0.2) is 42.5 Å². The van der Waals surface area contributed by atoms with Gasteiger partial charge < -0.3 is 24.5 Å². The smallest absolute Gasteiger partial charge is 0.343 e. The lowest BCUT2D eigenvalue weighted by atomic mass is 10.0. The summed E-state index contributed by atoms with van der Waals surface area (Å²) in [6.45, 7) is 3.10. The molecule has 1 amide bonds. The lowest BCUT2D eigenvalue weighted by Crippen LogP contribution is -2.24. The molecule has 2 N–H and O–H groups in total. The highest BCUT2D eigenvalue weighted by Gasteiger charge is 2.28. The number of primary amides is 1. The van der Waals surface area contributed by atoms with Crippen LogP contribution in [0.1, 0.15) is 41.0 Å². The third-order valence-corrected chi connectivity index (χ3v) is 5.28. The predicted molar refractivity (Wildman–Crippen MR) is 123 cm³/mol. The fourth-order valence-corrected chi connectivity index (χ4v) is 3.80. The summed E-state index contributed by atoms with van der Waals surface area (Å²) in [5.41, 5.74) is 8.22. The van der Waals surface area contributed by atoms with Crippen molar-refractivity contribution in [3.63, 3.8) is 0 Å². The molecular weight excluding hydrogens is 440 g/mol. The number of nitrogens with zero attached hydrogens (tertiary/aromatic N) is 1. The largest absolute Gasteiger partial charge is 0.481 e. The minimum atomic E-state index is -1.10. The van der Waals surface area contributed by atoms with Crippen molar-refractivity contribution < 1.29 is 33.4 Å². The Balaban J connectivity index is 2.31. The van der Waals surface area contributed by atoms with Crippen molar-refractivity contribution in [2.75, 3.05) is 13.7 Å². The van der Waals surface area contributed by atoms with E-state index in [0.29, 0.717) is 35.1 Å². The minimum absolute atomic E-state index is 0.0447. The molecule has 0 spiro atoms. The van der Waals surface area contributed by atoms with Crippen molar-refractivity contribution in [3.8, 4) is 5.75 Å². The van der Waals surface area contributed by atoms with E-state index in [4.69, 9.17) is 15.2 Å². The molecule has 0 aliphatic carbocycles. The van der Waals surface area contributed by atoms with Gasteiger partial charge in [-0.05, 0) is 29.7 Å². The molecule has 0 bridgehead atoms. The average molecular weight is 466 g/mol. The SMILES string of the molecule is CCc1c(C(=O)C(N)=O)c2c(OCC(=O)OC)cc(COC(C)=O)cc2n1Cc1ccccc1. The second kappa shape index (κ2) is 10.7. The molecule has 0 fully saturated rings. The van der Waals surface area contributed by atoms with Crippen molar-refractivity contribution in [1.82, 2.24) is 4.57 Å². The van der Waals surface area contributed by atoms with Crippen LogP contribution < -0.4 is 10.5 Å². The monoisotopic (exact) mass is 466 g/mol. The van der Waals surface area contributed by atoms with Crippen LogP contribution in [-0.4, -0.2) is 41.9 Å². The Morgan fingerprint density at radius 3 is 2.32 bits per heavy atom. The van der Waals surface area contributed by atoms with Crippen molar-refractivity contribution in [3.05, 3.63) is 64.8 Å². The number of ether oxygens (including phenoxy) is 3. The van der Waals surface area contributed by atoms with Gasteiger partial charge in [0.15, 0.2) is 6.61 Å². The molecule has 34 heavy (non-hydrogen) atoms. The van der Waals surface area contributed by atoms with E-state index in [1.165, 1.54) is 14.0 Å². The zero-order valence-corrected chi connectivity index (χ0v) is 19.3. The van der Waals surface area contributed by atoms with E-state index in [1.54, 1.807) is 12.1 Å². The van der Waals surface area contributed by atoms with E-state index in [0.717, 1.165) is 5.56 Å². The quantitative estimate of drug-likeness (QED) is 0.276. The normalized spacial score (nSPS) is 10.7. The topological polar surface area (TPSA) is 127 Å². The van der Waals surface area contributed by atoms with Crippen molar-refractivity contribution in [1.29, 1.82) is 0 Å². The average Bonchev–Trinajstić information content (AvgIpc) is 3.14. The fraction of sp³-hybridized carbons (Fsp3) is 0.280. The van der Waals surface area contributed by atoms with Crippen LogP contribution in [0.3, 0.4) is 0 Å². The van der Waals surface area contributed by atoms with Gasteiger partial charge in [0, 0.05) is 19.2 Å². The molecule has 3 rings (SSSR count). The highest BCUT2D eigenvalue weighted by atomic mass is 16.6. The van der Waals surface area contributed by atoms with E-state index in [-0.39, 0.29) is 17.9 Å². The zero-order valence-electron chi connectivity index (χ0n) is 19.3. The molecule has 0 aliphatic rings. The van der Waals surface area contributed by atoms with Gasteiger partial charge in [0.25, 0.3) is 11.7 Å². The van der Waals surface area contributed by atoms with Crippen LogP contribution in [0, 0.1) is 0 Å². The summed E-state index contributed by atoms with van der Waals surface area (Å²) in [6, 6.07) is 12.9. The van der Waals surface area contributed by atoms with Gasteiger partial charge in [0.05, 0.1) is 23.6 Å². The number of methoxy groups -OCH3 is 1. The first-order chi connectivity index (χ1) is 16.3. The van der Waals surface area contributed by atoms with E-state index in [9.17, 15) is 19.2 Å². The van der Waals surface area contributed by atoms with Gasteiger partial charge >= 0.3 is 11.9 Å². The molecule has 0 saturated heterocycles. The predicted octanol–water partition coefficient (Wildman–Crippen LogP) is 2.53. The summed E-state index contributed by atoms with van der Waals surface area (Å²) in [5, 5.41) is 0.354. The molecule has 1 aromatic heterocycles. The van der Waals surface area contributed by atoms with Crippen LogP contribution in [-0.2, 0) is 43.4 Å². The Morgan fingerprint density at radius 2 is 1.74 bits per heavy atom. The number of carbonyl (C=O) groups is 4. The molecule has 2 aromatic carbocycles. The summed E-state index contributed by atoms with van der Waals surface area (Å²) in [4.78, 5) is 48.0. The van der Waals surface area contributed by atoms with Crippen LogP contribution in [0.2, 0.25) is 0 Å². The van der Waals surface area contributed by atoms with Gasteiger partial charge in [0.2, 0.25) is 0 Å². The number of hydrogen-bond donors (Lipinski definition) is 1. The van der Waals surface area contributed by atoms with Crippen molar-refractivity contribution in [2.24, 2.45) is 5.73 Å². The Labute approximate surface area is 196 Å². The standard InChI is InChI=1S/C25H26N2O7/c1-4-18-23(24(30)25(26)31)22-19(27(18)12-16-8-6-5-7-9-16)10-17(13-33-15(2)28)11-20(22)34-14-21(29)32-3/h5-11H,4,12-14H2,1-3H3,(H2,26,31). The van der Waals surface area contributed by atoms with Gasteiger partial charge in [-0.3, -0.25) is 14.4 Å². The number of fused-ring (bicyclic) bond motifs is 1. The number of nitrogens with two attached hydrogens (primary N) is 1. The highest BCUT2D eigenvalue weighted by Crippen LogP contribution is 2.37. The lowest BCUT2D eigenvalue weighted by molar-refractivity contribution is -0.143. The van der Waals surface area contributed by atoms with Crippen molar-refractivity contribution in [2.45, 2.75) is 33.4 Å². The molecule has 0 unspecified atom stereocenters. The number of esters is 2. The summed E-state index contributed by atoms with van der Waals surface area (Å²) in [7, 11) is 1.23. The molecule has 3 aromatic rings. The number of benzene rings is 2. The van der Waals surface area contributed by atoms with E-state index >= 15 is 0 Å². The van der Waals surface area contributed by atoms with Gasteiger partial charge in [0.1, 0.15) is 12.4 Å². The van der Waals surface area contributed by atoms with E-state index in [1.807, 2.05) is 41.8 Å². The molecular formula is C25H26N2O7. The van der Waals surface area contributed by atoms with Gasteiger partial charge in [-0.15, -0.1) is 0 Å². The fourth-order valence-electron chi connectivity index (χ4n) is 3.80. The molecule has 0 radical (unpaired) electrons. The maximum absolute atomic E-state index is 12.9. The summed E-state index contributed by atoms with van der Waals surface area (Å²) in [5.74, 6) is -2.87. The van der Waals surface area contributed by atoms with Crippen LogP contribution >= 0.6 is 0 Å². The number of Topliss-reactive ketones (excluding diaryl/α,β-unsaturated/α-hetero) is 1. The van der Waals surface area contributed by atoms with Crippen molar-refractivity contribution >= 4 is 34.5 Å². The Bertz CT molecular complexity index is 1250. The molecule has 9 nitrogen and oxygen atoms in total. The number of amides is 1. The van der Waals surface area contributed by atoms with Crippen LogP contribution in [0.25, 0.3) is 10.9 Å². The third kappa shape index (κ3) is 5.25. The first kappa shape index (κ1) is 24.5. The maximum atomic E-state index is 12.9. The van der Waals surface area contributed by atoms with E-state index in [2.05, 4.69) is 4.74 Å².